The Bertz CT molecular complexity index is 823. The minimum atomic E-state index is -0.447. The van der Waals surface area contributed by atoms with Crippen molar-refractivity contribution in [1.82, 2.24) is 10.3 Å². The molecule has 26 heavy (non-hydrogen) atoms. The number of carbonyl (C=O) groups excluding carboxylic acids is 2. The summed E-state index contributed by atoms with van der Waals surface area (Å²) in [6.45, 7) is 1.16. The lowest BCUT2D eigenvalue weighted by molar-refractivity contribution is 0.0853. The van der Waals surface area contributed by atoms with E-state index in [0.29, 0.717) is 22.3 Å². The van der Waals surface area contributed by atoms with E-state index < -0.39 is 5.91 Å². The van der Waals surface area contributed by atoms with Crippen LogP contribution in [-0.4, -0.2) is 36.1 Å². The van der Waals surface area contributed by atoms with Crippen molar-refractivity contribution in [3.8, 4) is 0 Å². The van der Waals surface area contributed by atoms with E-state index in [0.717, 1.165) is 19.4 Å². The minimum Gasteiger partial charge on any atom is -0.376 e. The highest BCUT2D eigenvalue weighted by molar-refractivity contribution is 6.42. The molecule has 0 saturated carbocycles. The summed E-state index contributed by atoms with van der Waals surface area (Å²) in [4.78, 5) is 28.7. The highest BCUT2D eigenvalue weighted by atomic mass is 35.5. The van der Waals surface area contributed by atoms with Crippen LogP contribution in [-0.2, 0) is 4.74 Å². The second-order valence-corrected chi connectivity index (χ2v) is 6.65. The third-order valence-electron chi connectivity index (χ3n) is 3.91. The normalized spacial score (nSPS) is 16.3. The summed E-state index contributed by atoms with van der Waals surface area (Å²) in [7, 11) is 0. The van der Waals surface area contributed by atoms with Gasteiger partial charge in [-0.25, -0.2) is 4.98 Å². The quantitative estimate of drug-likeness (QED) is 0.813. The van der Waals surface area contributed by atoms with E-state index in [1.165, 1.54) is 6.07 Å². The SMILES string of the molecule is O=C(NCC1CCCO1)c1cccc(C(=O)Nc2ccc(Cl)c(Cl)c2)n1. The van der Waals surface area contributed by atoms with E-state index in [2.05, 4.69) is 15.6 Å². The highest BCUT2D eigenvalue weighted by Gasteiger charge is 2.18. The Balaban J connectivity index is 1.64. The van der Waals surface area contributed by atoms with Crippen molar-refractivity contribution in [3.63, 3.8) is 0 Å². The molecule has 8 heteroatoms. The Labute approximate surface area is 160 Å². The molecule has 1 aliphatic heterocycles. The van der Waals surface area contributed by atoms with Gasteiger partial charge in [0.2, 0.25) is 0 Å². The summed E-state index contributed by atoms with van der Waals surface area (Å²) in [5.41, 5.74) is 0.782. The topological polar surface area (TPSA) is 80.3 Å². The third-order valence-corrected chi connectivity index (χ3v) is 4.65. The summed E-state index contributed by atoms with van der Waals surface area (Å²) in [6.07, 6.45) is 1.98. The Hall–Kier alpha value is -2.15. The van der Waals surface area contributed by atoms with Crippen LogP contribution in [0.25, 0.3) is 0 Å². The van der Waals surface area contributed by atoms with Crippen molar-refractivity contribution in [3.05, 3.63) is 57.8 Å². The Morgan fingerprint density at radius 2 is 1.88 bits per heavy atom. The maximum Gasteiger partial charge on any atom is 0.274 e. The summed E-state index contributed by atoms with van der Waals surface area (Å²) in [6, 6.07) is 9.45. The smallest absolute Gasteiger partial charge is 0.274 e. The molecular formula is C18H17Cl2N3O3. The van der Waals surface area contributed by atoms with Gasteiger partial charge in [0.15, 0.2) is 0 Å². The fourth-order valence-electron chi connectivity index (χ4n) is 2.56. The van der Waals surface area contributed by atoms with Gasteiger partial charge < -0.3 is 15.4 Å². The van der Waals surface area contributed by atoms with Gasteiger partial charge >= 0.3 is 0 Å². The van der Waals surface area contributed by atoms with E-state index in [9.17, 15) is 9.59 Å². The Kier molecular flexibility index (Phi) is 6.08. The molecule has 1 fully saturated rings. The molecular weight excluding hydrogens is 377 g/mol. The number of rotatable bonds is 5. The van der Waals surface area contributed by atoms with Gasteiger partial charge in [0, 0.05) is 18.8 Å². The number of ether oxygens (including phenoxy) is 1. The van der Waals surface area contributed by atoms with Crippen molar-refractivity contribution < 1.29 is 14.3 Å². The molecule has 2 amide bonds. The average Bonchev–Trinajstić information content (AvgIpc) is 3.16. The lowest BCUT2D eigenvalue weighted by atomic mass is 10.2. The fourth-order valence-corrected chi connectivity index (χ4v) is 2.86. The molecule has 2 N–H and O–H groups in total. The van der Waals surface area contributed by atoms with Crippen LogP contribution in [0.5, 0.6) is 0 Å². The summed E-state index contributed by atoms with van der Waals surface area (Å²) in [5, 5.41) is 6.18. The molecule has 0 bridgehead atoms. The number of benzene rings is 1. The van der Waals surface area contributed by atoms with Crippen molar-refractivity contribution in [2.45, 2.75) is 18.9 Å². The van der Waals surface area contributed by atoms with Gasteiger partial charge in [0.05, 0.1) is 16.1 Å². The van der Waals surface area contributed by atoms with E-state index >= 15 is 0 Å². The number of anilines is 1. The van der Waals surface area contributed by atoms with Gasteiger partial charge in [-0.3, -0.25) is 9.59 Å². The van der Waals surface area contributed by atoms with Crippen LogP contribution in [0, 0.1) is 0 Å². The van der Waals surface area contributed by atoms with Crippen molar-refractivity contribution in [1.29, 1.82) is 0 Å². The number of amides is 2. The molecule has 2 heterocycles. The third kappa shape index (κ3) is 4.72. The van der Waals surface area contributed by atoms with Gasteiger partial charge in [-0.15, -0.1) is 0 Å². The molecule has 1 unspecified atom stereocenters. The molecule has 3 rings (SSSR count). The van der Waals surface area contributed by atoms with E-state index in [4.69, 9.17) is 27.9 Å². The van der Waals surface area contributed by atoms with Gasteiger partial charge in [-0.1, -0.05) is 29.3 Å². The van der Waals surface area contributed by atoms with Crippen LogP contribution in [0.15, 0.2) is 36.4 Å². The predicted octanol–water partition coefficient (Wildman–Crippen LogP) is 3.55. The summed E-state index contributed by atoms with van der Waals surface area (Å²) in [5.74, 6) is -0.790. The van der Waals surface area contributed by atoms with Crippen molar-refractivity contribution in [2.24, 2.45) is 0 Å². The number of hydrogen-bond acceptors (Lipinski definition) is 4. The number of nitrogens with one attached hydrogen (secondary N) is 2. The molecule has 6 nitrogen and oxygen atoms in total. The van der Waals surface area contributed by atoms with Gasteiger partial charge in [0.25, 0.3) is 11.8 Å². The average molecular weight is 394 g/mol. The van der Waals surface area contributed by atoms with Crippen molar-refractivity contribution >= 4 is 40.7 Å². The molecule has 1 aromatic heterocycles. The number of aromatic nitrogens is 1. The molecule has 1 saturated heterocycles. The van der Waals surface area contributed by atoms with Crippen LogP contribution >= 0.6 is 23.2 Å². The van der Waals surface area contributed by atoms with E-state index in [-0.39, 0.29) is 23.4 Å². The maximum absolute atomic E-state index is 12.4. The predicted molar refractivity (Wildman–Crippen MR) is 100.0 cm³/mol. The van der Waals surface area contributed by atoms with Crippen LogP contribution in [0.2, 0.25) is 10.0 Å². The highest BCUT2D eigenvalue weighted by Crippen LogP contribution is 2.25. The van der Waals surface area contributed by atoms with Crippen LogP contribution in [0.3, 0.4) is 0 Å². The maximum atomic E-state index is 12.4. The van der Waals surface area contributed by atoms with E-state index in [1.54, 1.807) is 30.3 Å². The number of halogens is 2. The first-order valence-corrected chi connectivity index (χ1v) is 8.92. The van der Waals surface area contributed by atoms with Crippen LogP contribution in [0.1, 0.15) is 33.8 Å². The molecule has 0 radical (unpaired) electrons. The molecule has 0 aliphatic carbocycles. The summed E-state index contributed by atoms with van der Waals surface area (Å²) < 4.78 is 5.47. The summed E-state index contributed by atoms with van der Waals surface area (Å²) >= 11 is 11.8. The van der Waals surface area contributed by atoms with Crippen LogP contribution in [0.4, 0.5) is 5.69 Å². The molecule has 2 aromatic rings. The fraction of sp³-hybridized carbons (Fsp3) is 0.278. The number of nitrogens with zero attached hydrogens (tertiary/aromatic N) is 1. The lowest BCUT2D eigenvalue weighted by Crippen LogP contribution is -2.32. The Morgan fingerprint density at radius 1 is 1.12 bits per heavy atom. The number of hydrogen-bond donors (Lipinski definition) is 2. The molecule has 0 spiro atoms. The Morgan fingerprint density at radius 3 is 2.58 bits per heavy atom. The van der Waals surface area contributed by atoms with Crippen LogP contribution < -0.4 is 10.6 Å². The first-order valence-electron chi connectivity index (χ1n) is 8.16. The molecule has 1 atom stereocenters. The second kappa shape index (κ2) is 8.49. The number of pyridine rings is 1. The largest absolute Gasteiger partial charge is 0.376 e. The number of carbonyl (C=O) groups is 2. The zero-order valence-electron chi connectivity index (χ0n) is 13.8. The molecule has 1 aliphatic rings. The standard InChI is InChI=1S/C18H17Cl2N3O3/c19-13-7-6-11(9-14(13)20)22-18(25)16-5-1-4-15(23-16)17(24)21-10-12-3-2-8-26-12/h1,4-7,9,12H,2-3,8,10H2,(H,21,24)(H,22,25). The monoisotopic (exact) mass is 393 g/mol. The van der Waals surface area contributed by atoms with Gasteiger partial charge in [0.1, 0.15) is 11.4 Å². The zero-order valence-corrected chi connectivity index (χ0v) is 15.3. The van der Waals surface area contributed by atoms with Gasteiger partial charge in [-0.05, 0) is 43.2 Å². The van der Waals surface area contributed by atoms with Gasteiger partial charge in [-0.2, -0.15) is 0 Å². The first kappa shape index (κ1) is 18.6. The zero-order chi connectivity index (χ0) is 18.5. The second-order valence-electron chi connectivity index (χ2n) is 5.84. The molecule has 1 aromatic carbocycles. The lowest BCUT2D eigenvalue weighted by Gasteiger charge is -2.11. The first-order chi connectivity index (χ1) is 12.5. The molecule has 136 valence electrons. The van der Waals surface area contributed by atoms with E-state index in [1.807, 2.05) is 0 Å². The minimum absolute atomic E-state index is 0.0417. The van der Waals surface area contributed by atoms with Crippen molar-refractivity contribution in [2.75, 3.05) is 18.5 Å².